The summed E-state index contributed by atoms with van der Waals surface area (Å²) in [6, 6.07) is 0. The van der Waals surface area contributed by atoms with Crippen molar-refractivity contribution in [3.8, 4) is 0 Å². The zero-order chi connectivity index (χ0) is 7.33. The van der Waals surface area contributed by atoms with E-state index < -0.39 is 9.84 Å². The maximum Gasteiger partial charge on any atom is 0.153 e. The highest BCUT2D eigenvalue weighted by Gasteiger charge is 2.06. The standard InChI is InChI=1S/C4H9BrO3S/c5-1-3-9(7,8)4-2-6/h6H,1-4H2. The van der Waals surface area contributed by atoms with Crippen LogP contribution in [0.3, 0.4) is 0 Å². The van der Waals surface area contributed by atoms with Gasteiger partial charge in [-0.2, -0.15) is 0 Å². The van der Waals surface area contributed by atoms with Crippen LogP contribution in [0.1, 0.15) is 0 Å². The highest BCUT2D eigenvalue weighted by Crippen LogP contribution is 1.91. The summed E-state index contributed by atoms with van der Waals surface area (Å²) in [6.45, 7) is -0.282. The van der Waals surface area contributed by atoms with Crippen molar-refractivity contribution >= 4 is 25.8 Å². The van der Waals surface area contributed by atoms with Gasteiger partial charge in [-0.25, -0.2) is 8.42 Å². The van der Waals surface area contributed by atoms with E-state index in [0.717, 1.165) is 0 Å². The molecule has 0 rings (SSSR count). The Morgan fingerprint density at radius 2 is 1.89 bits per heavy atom. The molecule has 0 aromatic heterocycles. The van der Waals surface area contributed by atoms with Crippen molar-refractivity contribution in [2.24, 2.45) is 0 Å². The van der Waals surface area contributed by atoms with E-state index in [1.165, 1.54) is 0 Å². The number of rotatable bonds is 4. The normalized spacial score (nSPS) is 11.8. The van der Waals surface area contributed by atoms with Gasteiger partial charge in [-0.05, 0) is 0 Å². The minimum Gasteiger partial charge on any atom is -0.395 e. The summed E-state index contributed by atoms with van der Waals surface area (Å²) < 4.78 is 21.3. The molecule has 5 heteroatoms. The summed E-state index contributed by atoms with van der Waals surface area (Å²) >= 11 is 2.99. The SMILES string of the molecule is O=S(=O)(CCO)CCBr. The average Bonchev–Trinajstić information content (AvgIpc) is 1.64. The lowest BCUT2D eigenvalue weighted by Crippen LogP contribution is -2.14. The predicted octanol–water partition coefficient (Wildman–Crippen LogP) is -0.212. The number of aliphatic hydroxyl groups excluding tert-OH is 1. The van der Waals surface area contributed by atoms with Crippen molar-refractivity contribution in [3.63, 3.8) is 0 Å². The van der Waals surface area contributed by atoms with Crippen molar-refractivity contribution in [3.05, 3.63) is 0 Å². The van der Waals surface area contributed by atoms with Gasteiger partial charge in [-0.15, -0.1) is 0 Å². The van der Waals surface area contributed by atoms with E-state index in [0.29, 0.717) is 5.33 Å². The fraction of sp³-hybridized carbons (Fsp3) is 1.00. The topological polar surface area (TPSA) is 54.4 Å². The molecular weight excluding hydrogens is 208 g/mol. The Morgan fingerprint density at radius 1 is 1.33 bits per heavy atom. The second-order valence-corrected chi connectivity index (χ2v) is 4.66. The van der Waals surface area contributed by atoms with E-state index in [2.05, 4.69) is 15.9 Å². The molecule has 0 aromatic rings. The van der Waals surface area contributed by atoms with Crippen LogP contribution in [0.5, 0.6) is 0 Å². The Balaban J connectivity index is 3.73. The predicted molar refractivity (Wildman–Crippen MR) is 39.5 cm³/mol. The van der Waals surface area contributed by atoms with Crippen LogP contribution in [0.4, 0.5) is 0 Å². The number of sulfone groups is 1. The van der Waals surface area contributed by atoms with Crippen LogP contribution in [-0.4, -0.2) is 37.0 Å². The molecule has 0 aliphatic rings. The molecule has 0 heterocycles. The summed E-state index contributed by atoms with van der Waals surface area (Å²) in [5.41, 5.74) is 0. The summed E-state index contributed by atoms with van der Waals surface area (Å²) in [4.78, 5) is 0. The number of aliphatic hydroxyl groups is 1. The van der Waals surface area contributed by atoms with Crippen molar-refractivity contribution in [2.75, 3.05) is 23.4 Å². The van der Waals surface area contributed by atoms with Gasteiger partial charge in [0.15, 0.2) is 9.84 Å². The molecule has 0 unspecified atom stereocenters. The first-order valence-electron chi connectivity index (χ1n) is 2.49. The van der Waals surface area contributed by atoms with Gasteiger partial charge < -0.3 is 5.11 Å². The lowest BCUT2D eigenvalue weighted by molar-refractivity contribution is 0.319. The van der Waals surface area contributed by atoms with E-state index in [4.69, 9.17) is 5.11 Å². The van der Waals surface area contributed by atoms with Gasteiger partial charge in [-0.1, -0.05) is 15.9 Å². The van der Waals surface area contributed by atoms with Crippen molar-refractivity contribution < 1.29 is 13.5 Å². The van der Waals surface area contributed by atoms with Gasteiger partial charge in [0.05, 0.1) is 18.1 Å². The second kappa shape index (κ2) is 4.24. The highest BCUT2D eigenvalue weighted by molar-refractivity contribution is 9.09. The summed E-state index contributed by atoms with van der Waals surface area (Å²) in [5, 5.41) is 8.67. The van der Waals surface area contributed by atoms with Gasteiger partial charge in [0.1, 0.15) is 0 Å². The molecule has 0 saturated carbocycles. The van der Waals surface area contributed by atoms with Crippen LogP contribution in [0.2, 0.25) is 0 Å². The monoisotopic (exact) mass is 216 g/mol. The largest absolute Gasteiger partial charge is 0.395 e. The third kappa shape index (κ3) is 4.87. The van der Waals surface area contributed by atoms with Crippen LogP contribution < -0.4 is 0 Å². The molecule has 0 saturated heterocycles. The summed E-state index contributed by atoms with van der Waals surface area (Å²) in [7, 11) is -2.98. The van der Waals surface area contributed by atoms with E-state index in [-0.39, 0.29) is 18.1 Å². The molecule has 0 radical (unpaired) electrons. The summed E-state index contributed by atoms with van der Waals surface area (Å²) in [6.07, 6.45) is 0. The molecule has 3 nitrogen and oxygen atoms in total. The molecule has 0 aromatic carbocycles. The zero-order valence-corrected chi connectivity index (χ0v) is 7.28. The Hall–Kier alpha value is 0.390. The third-order valence-corrected chi connectivity index (χ3v) is 3.34. The minimum absolute atomic E-state index is 0.105. The Kier molecular flexibility index (Phi) is 4.43. The van der Waals surface area contributed by atoms with Crippen LogP contribution >= 0.6 is 15.9 Å². The Morgan fingerprint density at radius 3 is 2.22 bits per heavy atom. The Bertz CT molecular complexity index is 139. The first-order valence-corrected chi connectivity index (χ1v) is 5.44. The van der Waals surface area contributed by atoms with Crippen LogP contribution in [0.15, 0.2) is 0 Å². The lowest BCUT2D eigenvalue weighted by atomic mass is 10.9. The average molecular weight is 217 g/mol. The van der Waals surface area contributed by atoms with E-state index in [1.54, 1.807) is 0 Å². The van der Waals surface area contributed by atoms with Crippen molar-refractivity contribution in [1.82, 2.24) is 0 Å². The quantitative estimate of drug-likeness (QED) is 0.663. The molecule has 9 heavy (non-hydrogen) atoms. The maximum atomic E-state index is 10.6. The number of alkyl halides is 1. The molecule has 56 valence electrons. The van der Waals surface area contributed by atoms with E-state index in [9.17, 15) is 8.42 Å². The molecule has 0 atom stereocenters. The highest BCUT2D eigenvalue weighted by atomic mass is 79.9. The number of hydrogen-bond donors (Lipinski definition) is 1. The van der Waals surface area contributed by atoms with Crippen molar-refractivity contribution in [1.29, 1.82) is 0 Å². The lowest BCUT2D eigenvalue weighted by Gasteiger charge is -1.95. The summed E-state index contributed by atoms with van der Waals surface area (Å²) in [5.74, 6) is -0.0217. The van der Waals surface area contributed by atoms with Crippen LogP contribution in [0.25, 0.3) is 0 Å². The minimum atomic E-state index is -2.98. The molecule has 0 aliphatic heterocycles. The molecular formula is C4H9BrO3S. The maximum absolute atomic E-state index is 10.6. The van der Waals surface area contributed by atoms with Crippen molar-refractivity contribution in [2.45, 2.75) is 0 Å². The van der Waals surface area contributed by atoms with Gasteiger partial charge in [0, 0.05) is 5.33 Å². The van der Waals surface area contributed by atoms with Gasteiger partial charge >= 0.3 is 0 Å². The molecule has 0 bridgehead atoms. The first kappa shape index (κ1) is 9.39. The first-order chi connectivity index (χ1) is 4.12. The molecule has 1 N–H and O–H groups in total. The number of halogens is 1. The van der Waals surface area contributed by atoms with E-state index in [1.807, 2.05) is 0 Å². The van der Waals surface area contributed by atoms with Crippen LogP contribution in [0, 0.1) is 0 Å². The molecule has 0 spiro atoms. The smallest absolute Gasteiger partial charge is 0.153 e. The van der Waals surface area contributed by atoms with Crippen LogP contribution in [-0.2, 0) is 9.84 Å². The van der Waals surface area contributed by atoms with Gasteiger partial charge in [0.25, 0.3) is 0 Å². The van der Waals surface area contributed by atoms with Gasteiger partial charge in [-0.3, -0.25) is 0 Å². The molecule has 0 aliphatic carbocycles. The third-order valence-electron chi connectivity index (χ3n) is 0.790. The van der Waals surface area contributed by atoms with Gasteiger partial charge in [0.2, 0.25) is 0 Å². The fourth-order valence-electron chi connectivity index (χ4n) is 0.359. The zero-order valence-electron chi connectivity index (χ0n) is 4.88. The fourth-order valence-corrected chi connectivity index (χ4v) is 2.56. The van der Waals surface area contributed by atoms with E-state index >= 15 is 0 Å². The second-order valence-electron chi connectivity index (χ2n) is 1.56. The number of hydrogen-bond acceptors (Lipinski definition) is 3. The molecule has 0 fully saturated rings. The molecule has 0 amide bonds. The Labute approximate surface area is 63.1 Å².